The number of nitrogens with zero attached hydrogens (tertiary/aromatic N) is 6. The second-order valence-electron chi connectivity index (χ2n) is 8.77. The number of ether oxygens (including phenoxy) is 3. The highest BCUT2D eigenvalue weighted by Crippen LogP contribution is 2.26. The van der Waals surface area contributed by atoms with Gasteiger partial charge in [-0.3, -0.25) is 9.69 Å². The number of hydrogen-bond acceptors (Lipinski definition) is 9. The maximum atomic E-state index is 12.9. The third-order valence-corrected chi connectivity index (χ3v) is 5.42. The van der Waals surface area contributed by atoms with Crippen LogP contribution in [0.3, 0.4) is 0 Å². The van der Waals surface area contributed by atoms with Gasteiger partial charge in [0.05, 0.1) is 25.1 Å². The molecule has 0 aliphatic carbocycles. The van der Waals surface area contributed by atoms with Gasteiger partial charge in [0.2, 0.25) is 0 Å². The van der Waals surface area contributed by atoms with E-state index in [0.29, 0.717) is 35.9 Å². The lowest BCUT2D eigenvalue weighted by atomic mass is 10.1. The van der Waals surface area contributed by atoms with Gasteiger partial charge in [-0.25, -0.2) is 15.0 Å². The summed E-state index contributed by atoms with van der Waals surface area (Å²) in [4.78, 5) is 27.8. The van der Waals surface area contributed by atoms with Crippen LogP contribution in [0.5, 0.6) is 11.5 Å². The third-order valence-electron chi connectivity index (χ3n) is 5.42. The molecule has 2 aromatic heterocycles. The van der Waals surface area contributed by atoms with E-state index in [1.54, 1.807) is 19.9 Å². The predicted molar refractivity (Wildman–Crippen MR) is 130 cm³/mol. The van der Waals surface area contributed by atoms with Gasteiger partial charge < -0.3 is 19.5 Å². The first kappa shape index (κ1) is 29.7. The SMILES string of the molecule is Cc1nc([C@H](C)NC(=O)c2cc(OC(F)F)cc(OC(F)F)c2)n(-c2cc(COCN(C)C(C)C)ncn2)n1. The van der Waals surface area contributed by atoms with Crippen molar-refractivity contribution in [2.24, 2.45) is 0 Å². The standard InChI is InChI=1S/C24H29F4N7O4/c1-13(2)34(5)12-37-10-17-8-20(30-11-29-17)35-21(32-15(4)33-35)14(3)31-22(36)16-6-18(38-23(25)26)9-19(7-16)39-24(27)28/h6-9,11,13-14,23-24H,10,12H2,1-5H3,(H,31,36)/t14-/m0/s1. The first-order valence-corrected chi connectivity index (χ1v) is 11.8. The Hall–Kier alpha value is -3.85. The summed E-state index contributed by atoms with van der Waals surface area (Å²) in [6, 6.07) is 4.00. The number of carbonyl (C=O) groups excluding carboxylic acids is 1. The van der Waals surface area contributed by atoms with Gasteiger partial charge in [-0.15, -0.1) is 5.10 Å². The fraction of sp³-hybridized carbons (Fsp3) is 0.458. The third kappa shape index (κ3) is 8.58. The molecule has 0 unspecified atom stereocenters. The Morgan fingerprint density at radius 2 is 1.67 bits per heavy atom. The Morgan fingerprint density at radius 1 is 1.03 bits per heavy atom. The highest BCUT2D eigenvalue weighted by Gasteiger charge is 2.22. The quantitative estimate of drug-likeness (QED) is 0.248. The average molecular weight is 556 g/mol. The van der Waals surface area contributed by atoms with Crippen LogP contribution in [-0.2, 0) is 11.3 Å². The molecule has 212 valence electrons. The lowest BCUT2D eigenvalue weighted by Gasteiger charge is -2.20. The fourth-order valence-electron chi connectivity index (χ4n) is 3.29. The number of amides is 1. The van der Waals surface area contributed by atoms with Crippen molar-refractivity contribution >= 4 is 5.91 Å². The summed E-state index contributed by atoms with van der Waals surface area (Å²) in [6.45, 7) is 1.52. The maximum Gasteiger partial charge on any atom is 0.387 e. The van der Waals surface area contributed by atoms with Crippen molar-refractivity contribution in [1.82, 2.24) is 34.9 Å². The van der Waals surface area contributed by atoms with Crippen LogP contribution in [0.2, 0.25) is 0 Å². The Balaban J connectivity index is 1.79. The molecule has 1 atom stereocenters. The second-order valence-corrected chi connectivity index (χ2v) is 8.77. The molecule has 3 aromatic rings. The lowest BCUT2D eigenvalue weighted by Crippen LogP contribution is -2.29. The minimum absolute atomic E-state index is 0.224. The number of aromatic nitrogens is 5. The van der Waals surface area contributed by atoms with Gasteiger partial charge in [-0.1, -0.05) is 0 Å². The Morgan fingerprint density at radius 3 is 2.26 bits per heavy atom. The van der Waals surface area contributed by atoms with Crippen molar-refractivity contribution in [3.63, 3.8) is 0 Å². The molecule has 1 aromatic carbocycles. The monoisotopic (exact) mass is 555 g/mol. The normalized spacial score (nSPS) is 12.4. The van der Waals surface area contributed by atoms with Gasteiger partial charge in [0, 0.05) is 23.7 Å². The van der Waals surface area contributed by atoms with Gasteiger partial charge in [0.25, 0.3) is 5.91 Å². The van der Waals surface area contributed by atoms with Gasteiger partial charge in [-0.05, 0) is 46.9 Å². The van der Waals surface area contributed by atoms with E-state index >= 15 is 0 Å². The van der Waals surface area contributed by atoms with E-state index in [2.05, 4.69) is 34.8 Å². The van der Waals surface area contributed by atoms with E-state index in [1.165, 1.54) is 11.0 Å². The molecule has 0 bridgehead atoms. The van der Waals surface area contributed by atoms with Crippen molar-refractivity contribution < 1.29 is 36.6 Å². The van der Waals surface area contributed by atoms with Crippen molar-refractivity contribution in [1.29, 1.82) is 0 Å². The Bertz CT molecular complexity index is 1230. The first-order chi connectivity index (χ1) is 18.4. The predicted octanol–water partition coefficient (Wildman–Crippen LogP) is 3.87. The Labute approximate surface area is 222 Å². The second kappa shape index (κ2) is 13.3. The van der Waals surface area contributed by atoms with E-state index < -0.39 is 36.7 Å². The summed E-state index contributed by atoms with van der Waals surface area (Å²) in [7, 11) is 1.94. The van der Waals surface area contributed by atoms with E-state index in [9.17, 15) is 22.4 Å². The summed E-state index contributed by atoms with van der Waals surface area (Å²) in [5, 5.41) is 7.00. The molecule has 3 rings (SSSR count). The van der Waals surface area contributed by atoms with E-state index in [-0.39, 0.29) is 12.2 Å². The zero-order valence-corrected chi connectivity index (χ0v) is 21.9. The van der Waals surface area contributed by atoms with Crippen LogP contribution < -0.4 is 14.8 Å². The number of halogens is 4. The number of rotatable bonds is 13. The number of benzene rings is 1. The number of aryl methyl sites for hydroxylation is 1. The lowest BCUT2D eigenvalue weighted by molar-refractivity contribution is -0.0543. The minimum atomic E-state index is -3.23. The molecule has 1 amide bonds. The zero-order valence-electron chi connectivity index (χ0n) is 21.9. The van der Waals surface area contributed by atoms with Crippen LogP contribution >= 0.6 is 0 Å². The molecule has 0 saturated heterocycles. The number of hydrogen-bond donors (Lipinski definition) is 1. The average Bonchev–Trinajstić information content (AvgIpc) is 3.25. The van der Waals surface area contributed by atoms with Gasteiger partial charge in [0.15, 0.2) is 11.6 Å². The number of nitrogens with one attached hydrogen (secondary N) is 1. The van der Waals surface area contributed by atoms with Crippen LogP contribution in [0, 0.1) is 6.92 Å². The molecule has 39 heavy (non-hydrogen) atoms. The fourth-order valence-corrected chi connectivity index (χ4v) is 3.29. The molecule has 0 aliphatic heterocycles. The summed E-state index contributed by atoms with van der Waals surface area (Å²) in [5.41, 5.74) is 0.349. The summed E-state index contributed by atoms with van der Waals surface area (Å²) < 4.78 is 66.5. The molecule has 2 heterocycles. The molecule has 11 nitrogen and oxygen atoms in total. The van der Waals surface area contributed by atoms with Crippen LogP contribution in [0.4, 0.5) is 17.6 Å². The van der Waals surface area contributed by atoms with Crippen molar-refractivity contribution in [3.05, 3.63) is 53.5 Å². The van der Waals surface area contributed by atoms with Gasteiger partial charge >= 0.3 is 13.2 Å². The van der Waals surface area contributed by atoms with E-state index in [4.69, 9.17) is 4.74 Å². The van der Waals surface area contributed by atoms with Crippen molar-refractivity contribution in [2.45, 2.75) is 59.6 Å². The van der Waals surface area contributed by atoms with Crippen LogP contribution in [0.1, 0.15) is 54.5 Å². The van der Waals surface area contributed by atoms with Crippen molar-refractivity contribution in [3.8, 4) is 17.3 Å². The zero-order chi connectivity index (χ0) is 28.7. The molecular formula is C24H29F4N7O4. The molecule has 0 radical (unpaired) electrons. The topological polar surface area (TPSA) is 117 Å². The van der Waals surface area contributed by atoms with Crippen molar-refractivity contribution in [2.75, 3.05) is 13.8 Å². The molecular weight excluding hydrogens is 526 g/mol. The molecule has 0 spiro atoms. The van der Waals surface area contributed by atoms with E-state index in [0.717, 1.165) is 18.2 Å². The number of carbonyl (C=O) groups is 1. The summed E-state index contributed by atoms with van der Waals surface area (Å²) >= 11 is 0. The summed E-state index contributed by atoms with van der Waals surface area (Å²) in [5.74, 6) is -0.751. The largest absolute Gasteiger partial charge is 0.435 e. The van der Waals surface area contributed by atoms with Crippen LogP contribution in [0.15, 0.2) is 30.6 Å². The first-order valence-electron chi connectivity index (χ1n) is 11.8. The molecule has 1 N–H and O–H groups in total. The highest BCUT2D eigenvalue weighted by atomic mass is 19.3. The molecule has 0 saturated carbocycles. The molecule has 0 fully saturated rings. The van der Waals surface area contributed by atoms with Gasteiger partial charge in [0.1, 0.15) is 23.7 Å². The molecule has 15 heteroatoms. The minimum Gasteiger partial charge on any atom is -0.435 e. The summed E-state index contributed by atoms with van der Waals surface area (Å²) in [6.07, 6.45) is 1.35. The van der Waals surface area contributed by atoms with Crippen LogP contribution in [-0.4, -0.2) is 68.6 Å². The number of alkyl halides is 4. The Kier molecular flexibility index (Phi) is 10.1. The molecule has 0 aliphatic rings. The van der Waals surface area contributed by atoms with Gasteiger partial charge in [-0.2, -0.15) is 22.2 Å². The maximum absolute atomic E-state index is 12.9. The van der Waals surface area contributed by atoms with E-state index in [1.807, 2.05) is 25.8 Å². The highest BCUT2D eigenvalue weighted by molar-refractivity contribution is 5.95. The van der Waals surface area contributed by atoms with Crippen LogP contribution in [0.25, 0.3) is 5.82 Å². The smallest absolute Gasteiger partial charge is 0.387 e.